The van der Waals surface area contributed by atoms with Crippen LogP contribution in [-0.2, 0) is 12.8 Å². The van der Waals surface area contributed by atoms with E-state index in [1.807, 2.05) is 30.3 Å². The van der Waals surface area contributed by atoms with Crippen molar-refractivity contribution in [3.05, 3.63) is 58.6 Å². The minimum absolute atomic E-state index is 0.0912. The van der Waals surface area contributed by atoms with E-state index in [0.29, 0.717) is 22.8 Å². The molecule has 0 heterocycles. The first-order chi connectivity index (χ1) is 9.60. The summed E-state index contributed by atoms with van der Waals surface area (Å²) in [6.07, 6.45) is 1.28. The Morgan fingerprint density at radius 1 is 1.20 bits per heavy atom. The Labute approximate surface area is 123 Å². The molecule has 0 radical (unpaired) electrons. The van der Waals surface area contributed by atoms with E-state index in [1.54, 1.807) is 12.1 Å². The lowest BCUT2D eigenvalue weighted by Crippen LogP contribution is -2.25. The predicted molar refractivity (Wildman–Crippen MR) is 81.5 cm³/mol. The third kappa shape index (κ3) is 3.65. The third-order valence-corrected chi connectivity index (χ3v) is 3.38. The zero-order valence-corrected chi connectivity index (χ0v) is 12.1. The maximum absolute atomic E-state index is 10.1. The highest BCUT2D eigenvalue weighted by molar-refractivity contribution is 6.30. The van der Waals surface area contributed by atoms with Crippen LogP contribution in [0, 0.1) is 0 Å². The average Bonchev–Trinajstić information content (AvgIpc) is 2.43. The number of phenolic OH excluding ortho intramolecular Hbond substituents is 1. The predicted octanol–water partition coefficient (Wildman–Crippen LogP) is 3.17. The number of nitrogens with two attached hydrogens (primary N) is 1. The number of phenols is 1. The standard InChI is InChI=1S/C16H18ClNO2/c1-20-15-10-13(17)8-12(16(15)19)9-14(18)7-11-5-3-2-4-6-11/h2-6,8,10,14,19H,7,9,18H2,1H3. The summed E-state index contributed by atoms with van der Waals surface area (Å²) in [6.45, 7) is 0. The van der Waals surface area contributed by atoms with E-state index in [4.69, 9.17) is 22.1 Å². The molecule has 0 saturated heterocycles. The van der Waals surface area contributed by atoms with Crippen LogP contribution in [-0.4, -0.2) is 18.3 Å². The Morgan fingerprint density at radius 3 is 2.55 bits per heavy atom. The second kappa shape index (κ2) is 6.64. The summed E-state index contributed by atoms with van der Waals surface area (Å²) in [5, 5.41) is 10.6. The van der Waals surface area contributed by atoms with Crippen molar-refractivity contribution in [1.29, 1.82) is 0 Å². The molecular formula is C16H18ClNO2. The molecule has 20 heavy (non-hydrogen) atoms. The number of hydrogen-bond acceptors (Lipinski definition) is 3. The molecule has 0 bridgehead atoms. The van der Waals surface area contributed by atoms with Crippen molar-refractivity contribution in [2.24, 2.45) is 5.73 Å². The van der Waals surface area contributed by atoms with Gasteiger partial charge in [0.25, 0.3) is 0 Å². The number of methoxy groups -OCH3 is 1. The summed E-state index contributed by atoms with van der Waals surface area (Å²) in [5.41, 5.74) is 8.03. The Hall–Kier alpha value is -1.71. The SMILES string of the molecule is COc1cc(Cl)cc(CC(N)Cc2ccccc2)c1O. The van der Waals surface area contributed by atoms with Crippen LogP contribution in [0.4, 0.5) is 0 Å². The van der Waals surface area contributed by atoms with E-state index in [-0.39, 0.29) is 11.8 Å². The zero-order chi connectivity index (χ0) is 14.5. The van der Waals surface area contributed by atoms with Gasteiger partial charge in [-0.15, -0.1) is 0 Å². The molecule has 2 rings (SSSR count). The Balaban J connectivity index is 2.11. The lowest BCUT2D eigenvalue weighted by atomic mass is 9.99. The molecule has 3 N–H and O–H groups in total. The van der Waals surface area contributed by atoms with Gasteiger partial charge < -0.3 is 15.6 Å². The average molecular weight is 292 g/mol. The molecule has 0 aliphatic rings. The molecule has 106 valence electrons. The van der Waals surface area contributed by atoms with Gasteiger partial charge >= 0.3 is 0 Å². The first-order valence-electron chi connectivity index (χ1n) is 6.45. The number of rotatable bonds is 5. The smallest absolute Gasteiger partial charge is 0.162 e. The molecule has 2 aromatic carbocycles. The molecule has 0 amide bonds. The maximum Gasteiger partial charge on any atom is 0.162 e. The summed E-state index contributed by atoms with van der Waals surface area (Å²) in [6, 6.07) is 13.3. The molecule has 0 spiro atoms. The highest BCUT2D eigenvalue weighted by Gasteiger charge is 2.13. The molecule has 1 atom stereocenters. The molecule has 1 unspecified atom stereocenters. The van der Waals surface area contributed by atoms with Gasteiger partial charge in [-0.05, 0) is 24.5 Å². The summed E-state index contributed by atoms with van der Waals surface area (Å²) in [4.78, 5) is 0. The van der Waals surface area contributed by atoms with Crippen LogP contribution < -0.4 is 10.5 Å². The molecule has 0 aliphatic heterocycles. The fourth-order valence-electron chi connectivity index (χ4n) is 2.21. The van der Waals surface area contributed by atoms with Gasteiger partial charge in [-0.1, -0.05) is 41.9 Å². The third-order valence-electron chi connectivity index (χ3n) is 3.16. The van der Waals surface area contributed by atoms with Crippen molar-refractivity contribution >= 4 is 11.6 Å². The molecule has 2 aromatic rings. The lowest BCUT2D eigenvalue weighted by molar-refractivity contribution is 0.370. The molecular weight excluding hydrogens is 274 g/mol. The first-order valence-corrected chi connectivity index (χ1v) is 6.83. The maximum atomic E-state index is 10.1. The molecule has 0 fully saturated rings. The fourth-order valence-corrected chi connectivity index (χ4v) is 2.44. The van der Waals surface area contributed by atoms with Crippen LogP contribution in [0.5, 0.6) is 11.5 Å². The minimum Gasteiger partial charge on any atom is -0.504 e. The minimum atomic E-state index is -0.0912. The van der Waals surface area contributed by atoms with Gasteiger partial charge in [0.05, 0.1) is 7.11 Å². The van der Waals surface area contributed by atoms with E-state index >= 15 is 0 Å². The Bertz CT molecular complexity index is 572. The summed E-state index contributed by atoms with van der Waals surface area (Å²) >= 11 is 6.01. The summed E-state index contributed by atoms with van der Waals surface area (Å²) in [5.74, 6) is 0.486. The van der Waals surface area contributed by atoms with Crippen molar-refractivity contribution in [3.8, 4) is 11.5 Å². The van der Waals surface area contributed by atoms with E-state index in [1.165, 1.54) is 12.7 Å². The van der Waals surface area contributed by atoms with E-state index in [9.17, 15) is 5.11 Å². The molecule has 4 heteroatoms. The van der Waals surface area contributed by atoms with Gasteiger partial charge in [0.15, 0.2) is 11.5 Å². The van der Waals surface area contributed by atoms with Crippen molar-refractivity contribution in [1.82, 2.24) is 0 Å². The Kier molecular flexibility index (Phi) is 4.88. The number of benzene rings is 2. The molecule has 0 saturated carbocycles. The van der Waals surface area contributed by atoms with Crippen molar-refractivity contribution < 1.29 is 9.84 Å². The normalized spacial score (nSPS) is 12.2. The van der Waals surface area contributed by atoms with E-state index < -0.39 is 0 Å². The molecule has 3 nitrogen and oxygen atoms in total. The van der Waals surface area contributed by atoms with E-state index in [2.05, 4.69) is 0 Å². The first kappa shape index (κ1) is 14.7. The van der Waals surface area contributed by atoms with Gasteiger partial charge in [-0.3, -0.25) is 0 Å². The van der Waals surface area contributed by atoms with Crippen molar-refractivity contribution in [2.45, 2.75) is 18.9 Å². The topological polar surface area (TPSA) is 55.5 Å². The van der Waals surface area contributed by atoms with Crippen LogP contribution in [0.2, 0.25) is 5.02 Å². The number of ether oxygens (including phenoxy) is 1. The van der Waals surface area contributed by atoms with Crippen molar-refractivity contribution in [3.63, 3.8) is 0 Å². The largest absolute Gasteiger partial charge is 0.504 e. The fraction of sp³-hybridized carbons (Fsp3) is 0.250. The number of aromatic hydroxyl groups is 1. The van der Waals surface area contributed by atoms with Crippen LogP contribution >= 0.6 is 11.6 Å². The number of hydrogen-bond donors (Lipinski definition) is 2. The van der Waals surface area contributed by atoms with Crippen LogP contribution in [0.3, 0.4) is 0 Å². The van der Waals surface area contributed by atoms with E-state index in [0.717, 1.165) is 6.42 Å². The zero-order valence-electron chi connectivity index (χ0n) is 11.3. The van der Waals surface area contributed by atoms with Gasteiger partial charge in [0.1, 0.15) is 0 Å². The van der Waals surface area contributed by atoms with Gasteiger partial charge in [-0.2, -0.15) is 0 Å². The Morgan fingerprint density at radius 2 is 1.90 bits per heavy atom. The summed E-state index contributed by atoms with van der Waals surface area (Å²) < 4.78 is 5.09. The highest BCUT2D eigenvalue weighted by Crippen LogP contribution is 2.34. The van der Waals surface area contributed by atoms with Crippen LogP contribution in [0.15, 0.2) is 42.5 Å². The number of halogens is 1. The van der Waals surface area contributed by atoms with Gasteiger partial charge in [0.2, 0.25) is 0 Å². The van der Waals surface area contributed by atoms with Crippen LogP contribution in [0.1, 0.15) is 11.1 Å². The van der Waals surface area contributed by atoms with Crippen molar-refractivity contribution in [2.75, 3.05) is 7.11 Å². The monoisotopic (exact) mass is 291 g/mol. The van der Waals surface area contributed by atoms with Crippen LogP contribution in [0.25, 0.3) is 0 Å². The second-order valence-corrected chi connectivity index (χ2v) is 5.21. The van der Waals surface area contributed by atoms with Gasteiger partial charge in [-0.25, -0.2) is 0 Å². The quantitative estimate of drug-likeness (QED) is 0.890. The lowest BCUT2D eigenvalue weighted by Gasteiger charge is -2.15. The molecule has 0 aliphatic carbocycles. The molecule has 0 aromatic heterocycles. The summed E-state index contributed by atoms with van der Waals surface area (Å²) in [7, 11) is 1.50. The second-order valence-electron chi connectivity index (χ2n) is 4.77. The van der Waals surface area contributed by atoms with Gasteiger partial charge in [0, 0.05) is 22.7 Å². The highest BCUT2D eigenvalue weighted by atomic mass is 35.5.